The van der Waals surface area contributed by atoms with Gasteiger partial charge in [-0.05, 0) is 79.6 Å². The van der Waals surface area contributed by atoms with Crippen molar-refractivity contribution in [2.24, 2.45) is 0 Å². The van der Waals surface area contributed by atoms with Crippen LogP contribution in [0.5, 0.6) is 0 Å². The molecular formula is C24H18N2O5. The van der Waals surface area contributed by atoms with Gasteiger partial charge in [-0.1, -0.05) is 6.07 Å². The minimum absolute atomic E-state index is 0.103. The first-order chi connectivity index (χ1) is 14.8. The van der Waals surface area contributed by atoms with E-state index in [-0.39, 0.29) is 22.3 Å². The van der Waals surface area contributed by atoms with E-state index in [1.165, 1.54) is 42.5 Å². The molecule has 3 aromatic rings. The van der Waals surface area contributed by atoms with Gasteiger partial charge >= 0.3 is 5.97 Å². The minimum Gasteiger partial charge on any atom is -0.478 e. The first-order valence-corrected chi connectivity index (χ1v) is 9.51. The van der Waals surface area contributed by atoms with Crippen LogP contribution in [0, 0.1) is 13.8 Å². The number of carbonyl (C=O) groups is 4. The van der Waals surface area contributed by atoms with Crippen LogP contribution >= 0.6 is 0 Å². The molecular weight excluding hydrogens is 396 g/mol. The van der Waals surface area contributed by atoms with E-state index in [9.17, 15) is 19.2 Å². The van der Waals surface area contributed by atoms with Crippen molar-refractivity contribution >= 4 is 35.1 Å². The van der Waals surface area contributed by atoms with E-state index in [1.807, 2.05) is 19.9 Å². The molecule has 3 aromatic carbocycles. The lowest BCUT2D eigenvalue weighted by molar-refractivity contribution is 0.0696. The number of fused-ring (bicyclic) bond motifs is 1. The summed E-state index contributed by atoms with van der Waals surface area (Å²) in [5, 5.41) is 11.6. The van der Waals surface area contributed by atoms with Crippen LogP contribution < -0.4 is 10.2 Å². The molecule has 0 bridgehead atoms. The summed E-state index contributed by atoms with van der Waals surface area (Å²) in [6, 6.07) is 15.4. The molecule has 0 atom stereocenters. The number of aryl methyl sites for hydroxylation is 2. The van der Waals surface area contributed by atoms with Crippen LogP contribution in [0.25, 0.3) is 0 Å². The number of nitrogens with zero attached hydrogens (tertiary/aromatic N) is 1. The molecule has 0 saturated heterocycles. The fourth-order valence-electron chi connectivity index (χ4n) is 3.38. The Hall–Kier alpha value is -4.26. The zero-order chi connectivity index (χ0) is 22.3. The van der Waals surface area contributed by atoms with Crippen molar-refractivity contribution in [2.45, 2.75) is 13.8 Å². The van der Waals surface area contributed by atoms with E-state index in [0.29, 0.717) is 11.4 Å². The molecule has 0 unspecified atom stereocenters. The summed E-state index contributed by atoms with van der Waals surface area (Å²) in [7, 11) is 0. The summed E-state index contributed by atoms with van der Waals surface area (Å²) in [5.41, 5.74) is 3.63. The number of hydrogen-bond acceptors (Lipinski definition) is 4. The Morgan fingerprint density at radius 2 is 1.42 bits per heavy atom. The predicted octanol–water partition coefficient (Wildman–Crippen LogP) is 4.05. The van der Waals surface area contributed by atoms with Gasteiger partial charge in [-0.3, -0.25) is 14.4 Å². The van der Waals surface area contributed by atoms with Crippen molar-refractivity contribution in [3.8, 4) is 0 Å². The van der Waals surface area contributed by atoms with Crippen molar-refractivity contribution in [3.05, 3.63) is 94.0 Å². The first kappa shape index (κ1) is 20.0. The van der Waals surface area contributed by atoms with Crippen molar-refractivity contribution in [2.75, 3.05) is 10.2 Å². The smallest absolute Gasteiger partial charge is 0.335 e. The number of imide groups is 1. The van der Waals surface area contributed by atoms with Gasteiger partial charge in [0.05, 0.1) is 22.4 Å². The van der Waals surface area contributed by atoms with Crippen LogP contribution in [-0.2, 0) is 0 Å². The third kappa shape index (κ3) is 3.57. The molecule has 1 aliphatic rings. The van der Waals surface area contributed by atoms with Crippen LogP contribution in [0.1, 0.15) is 52.6 Å². The monoisotopic (exact) mass is 414 g/mol. The Balaban J connectivity index is 1.59. The summed E-state index contributed by atoms with van der Waals surface area (Å²) >= 11 is 0. The number of carboxylic acid groups (broad SMARTS) is 1. The molecule has 154 valence electrons. The van der Waals surface area contributed by atoms with Crippen LogP contribution in [-0.4, -0.2) is 28.8 Å². The van der Waals surface area contributed by atoms with Gasteiger partial charge in [0.1, 0.15) is 0 Å². The second-order valence-electron chi connectivity index (χ2n) is 7.31. The maximum Gasteiger partial charge on any atom is 0.335 e. The van der Waals surface area contributed by atoms with Gasteiger partial charge in [0.2, 0.25) is 0 Å². The Morgan fingerprint density at radius 1 is 0.774 bits per heavy atom. The van der Waals surface area contributed by atoms with E-state index in [0.717, 1.165) is 16.0 Å². The molecule has 0 radical (unpaired) electrons. The molecule has 1 heterocycles. The normalized spacial score (nSPS) is 12.6. The number of nitrogens with one attached hydrogen (secondary N) is 1. The van der Waals surface area contributed by atoms with Crippen LogP contribution in [0.4, 0.5) is 11.4 Å². The third-order valence-electron chi connectivity index (χ3n) is 5.29. The molecule has 0 aliphatic carbocycles. The topological polar surface area (TPSA) is 104 Å². The lowest BCUT2D eigenvalue weighted by Crippen LogP contribution is -2.29. The van der Waals surface area contributed by atoms with E-state index in [4.69, 9.17) is 5.11 Å². The maximum absolute atomic E-state index is 13.0. The first-order valence-electron chi connectivity index (χ1n) is 9.51. The Bertz CT molecular complexity index is 1260. The zero-order valence-electron chi connectivity index (χ0n) is 16.8. The fourth-order valence-corrected chi connectivity index (χ4v) is 3.38. The lowest BCUT2D eigenvalue weighted by atomic mass is 10.1. The molecule has 31 heavy (non-hydrogen) atoms. The van der Waals surface area contributed by atoms with Gasteiger partial charge in [-0.2, -0.15) is 0 Å². The average Bonchev–Trinajstić information content (AvgIpc) is 3.00. The highest BCUT2D eigenvalue weighted by molar-refractivity contribution is 6.34. The predicted molar refractivity (Wildman–Crippen MR) is 115 cm³/mol. The fraction of sp³-hybridized carbons (Fsp3) is 0.0833. The number of amides is 3. The van der Waals surface area contributed by atoms with Crippen molar-refractivity contribution < 1.29 is 24.3 Å². The van der Waals surface area contributed by atoms with Crippen LogP contribution in [0.3, 0.4) is 0 Å². The molecule has 7 heteroatoms. The molecule has 1 aliphatic heterocycles. The summed E-state index contributed by atoms with van der Waals surface area (Å²) in [6.45, 7) is 3.85. The quantitative estimate of drug-likeness (QED) is 0.627. The van der Waals surface area contributed by atoms with Gasteiger partial charge in [-0.15, -0.1) is 0 Å². The number of benzene rings is 3. The lowest BCUT2D eigenvalue weighted by Gasteiger charge is -2.15. The van der Waals surface area contributed by atoms with E-state index < -0.39 is 23.7 Å². The molecule has 0 fully saturated rings. The Labute approximate surface area is 177 Å². The molecule has 4 rings (SSSR count). The molecule has 2 N–H and O–H groups in total. The summed E-state index contributed by atoms with van der Waals surface area (Å²) in [5.74, 6) is -2.45. The molecule has 7 nitrogen and oxygen atoms in total. The molecule has 0 aromatic heterocycles. The van der Waals surface area contributed by atoms with Gasteiger partial charge < -0.3 is 10.4 Å². The molecule has 0 saturated carbocycles. The van der Waals surface area contributed by atoms with Crippen LogP contribution in [0.15, 0.2) is 60.7 Å². The number of carbonyl (C=O) groups excluding carboxylic acids is 3. The van der Waals surface area contributed by atoms with Gasteiger partial charge in [-0.25, -0.2) is 9.69 Å². The van der Waals surface area contributed by atoms with E-state index >= 15 is 0 Å². The highest BCUT2D eigenvalue weighted by Crippen LogP contribution is 2.30. The number of aromatic carboxylic acids is 1. The van der Waals surface area contributed by atoms with Gasteiger partial charge in [0.15, 0.2) is 0 Å². The number of carboxylic acids is 1. The maximum atomic E-state index is 13.0. The summed E-state index contributed by atoms with van der Waals surface area (Å²) in [4.78, 5) is 50.4. The van der Waals surface area contributed by atoms with E-state index in [1.54, 1.807) is 12.1 Å². The minimum atomic E-state index is -1.06. The summed E-state index contributed by atoms with van der Waals surface area (Å²) in [6.07, 6.45) is 0. The third-order valence-corrected chi connectivity index (χ3v) is 5.29. The Morgan fingerprint density at radius 3 is 2.06 bits per heavy atom. The molecule has 0 spiro atoms. The highest BCUT2D eigenvalue weighted by atomic mass is 16.4. The standard InChI is InChI=1S/C24H18N2O5/c1-13-3-9-18(11-14(13)2)26-22(28)19-10-6-16(12-20(19)23(26)29)21(27)25-17-7-4-15(5-8-17)24(30)31/h3-12H,1-2H3,(H,25,27)(H,30,31). The van der Waals surface area contributed by atoms with Crippen molar-refractivity contribution in [3.63, 3.8) is 0 Å². The molecule has 3 amide bonds. The van der Waals surface area contributed by atoms with Crippen molar-refractivity contribution in [1.82, 2.24) is 0 Å². The second kappa shape index (κ2) is 7.53. The summed E-state index contributed by atoms with van der Waals surface area (Å²) < 4.78 is 0. The number of anilines is 2. The van der Waals surface area contributed by atoms with E-state index in [2.05, 4.69) is 5.32 Å². The second-order valence-corrected chi connectivity index (χ2v) is 7.31. The number of rotatable bonds is 4. The van der Waals surface area contributed by atoms with Gasteiger partial charge in [0, 0.05) is 11.3 Å². The SMILES string of the molecule is Cc1ccc(N2C(=O)c3ccc(C(=O)Nc4ccc(C(=O)O)cc4)cc3C2=O)cc1C. The largest absolute Gasteiger partial charge is 0.478 e. The average molecular weight is 414 g/mol. The highest BCUT2D eigenvalue weighted by Gasteiger charge is 2.37. The number of hydrogen-bond donors (Lipinski definition) is 2. The van der Waals surface area contributed by atoms with Crippen molar-refractivity contribution in [1.29, 1.82) is 0 Å². The Kier molecular flexibility index (Phi) is 4.87. The zero-order valence-corrected chi connectivity index (χ0v) is 16.8. The van der Waals surface area contributed by atoms with Gasteiger partial charge in [0.25, 0.3) is 17.7 Å². The van der Waals surface area contributed by atoms with Crippen LogP contribution in [0.2, 0.25) is 0 Å².